The Labute approximate surface area is 112 Å². The Balaban J connectivity index is 2.30. The molecule has 0 radical (unpaired) electrons. The Bertz CT molecular complexity index is 582. The van der Waals surface area contributed by atoms with Crippen LogP contribution in [0.25, 0.3) is 0 Å². The Hall–Kier alpha value is -1.40. The average Bonchev–Trinajstić information content (AvgIpc) is 2.39. The first-order valence-corrected chi connectivity index (χ1v) is 7.65. The molecule has 1 fully saturated rings. The fourth-order valence-corrected chi connectivity index (χ4v) is 4.10. The maximum absolute atomic E-state index is 12.5. The summed E-state index contributed by atoms with van der Waals surface area (Å²) in [4.78, 5) is 11.3. The number of sulfonamides is 1. The number of aryl methyl sites for hydroxylation is 1. The highest BCUT2D eigenvalue weighted by Crippen LogP contribution is 2.25. The number of carboxylic acids is 1. The number of piperidine rings is 1. The van der Waals surface area contributed by atoms with Crippen molar-refractivity contribution < 1.29 is 18.3 Å². The highest BCUT2D eigenvalue weighted by Gasteiger charge is 2.33. The van der Waals surface area contributed by atoms with Gasteiger partial charge in [-0.1, -0.05) is 18.2 Å². The monoisotopic (exact) mass is 283 g/mol. The summed E-state index contributed by atoms with van der Waals surface area (Å²) < 4.78 is 26.3. The van der Waals surface area contributed by atoms with E-state index in [2.05, 4.69) is 0 Å². The highest BCUT2D eigenvalue weighted by atomic mass is 32.2. The molecular formula is C13H17NO4S. The van der Waals surface area contributed by atoms with Crippen molar-refractivity contribution in [1.82, 2.24) is 4.31 Å². The molecule has 0 aromatic heterocycles. The van der Waals surface area contributed by atoms with Crippen LogP contribution in [0.15, 0.2) is 29.2 Å². The van der Waals surface area contributed by atoms with Gasteiger partial charge in [0.1, 0.15) is 0 Å². The van der Waals surface area contributed by atoms with E-state index in [0.29, 0.717) is 24.9 Å². The van der Waals surface area contributed by atoms with Crippen molar-refractivity contribution in [3.05, 3.63) is 29.8 Å². The third-order valence-electron chi connectivity index (χ3n) is 3.44. The fourth-order valence-electron chi connectivity index (χ4n) is 2.35. The first kappa shape index (κ1) is 14.0. The second-order valence-electron chi connectivity index (χ2n) is 4.81. The Kier molecular flexibility index (Phi) is 3.91. The highest BCUT2D eigenvalue weighted by molar-refractivity contribution is 7.89. The average molecular weight is 283 g/mol. The lowest BCUT2D eigenvalue weighted by molar-refractivity contribution is -0.142. The lowest BCUT2D eigenvalue weighted by Crippen LogP contribution is -2.42. The zero-order valence-electron chi connectivity index (χ0n) is 10.7. The lowest BCUT2D eigenvalue weighted by Gasteiger charge is -2.30. The topological polar surface area (TPSA) is 74.7 Å². The second-order valence-corrected chi connectivity index (χ2v) is 6.71. The molecule has 0 amide bonds. The van der Waals surface area contributed by atoms with Gasteiger partial charge >= 0.3 is 5.97 Å². The molecule has 0 spiro atoms. The summed E-state index contributed by atoms with van der Waals surface area (Å²) in [5.74, 6) is -1.53. The van der Waals surface area contributed by atoms with Gasteiger partial charge in [-0.05, 0) is 31.4 Å². The van der Waals surface area contributed by atoms with Gasteiger partial charge in [0.05, 0.1) is 10.8 Å². The van der Waals surface area contributed by atoms with Crippen LogP contribution in [0, 0.1) is 12.8 Å². The molecule has 1 aliphatic heterocycles. The molecule has 19 heavy (non-hydrogen) atoms. The first-order chi connectivity index (χ1) is 8.93. The number of nitrogens with zero attached hydrogens (tertiary/aromatic N) is 1. The predicted octanol–water partition coefficient (Wildman–Crippen LogP) is 1.48. The van der Waals surface area contributed by atoms with E-state index in [-0.39, 0.29) is 11.4 Å². The predicted molar refractivity (Wildman–Crippen MR) is 70.3 cm³/mol. The maximum Gasteiger partial charge on any atom is 0.307 e. The summed E-state index contributed by atoms with van der Waals surface area (Å²) in [5, 5.41) is 9.03. The minimum Gasteiger partial charge on any atom is -0.481 e. The molecule has 6 heteroatoms. The van der Waals surface area contributed by atoms with E-state index in [0.717, 1.165) is 0 Å². The van der Waals surface area contributed by atoms with E-state index >= 15 is 0 Å². The summed E-state index contributed by atoms with van der Waals surface area (Å²) in [6.45, 7) is 2.19. The van der Waals surface area contributed by atoms with E-state index in [1.807, 2.05) is 0 Å². The maximum atomic E-state index is 12.5. The van der Waals surface area contributed by atoms with Crippen LogP contribution in [0.5, 0.6) is 0 Å². The molecular weight excluding hydrogens is 266 g/mol. The van der Waals surface area contributed by atoms with E-state index in [9.17, 15) is 13.2 Å². The number of benzene rings is 1. The molecule has 1 aliphatic rings. The van der Waals surface area contributed by atoms with Crippen LogP contribution in [-0.2, 0) is 14.8 Å². The summed E-state index contributed by atoms with van der Waals surface area (Å²) in [6.07, 6.45) is 1.12. The summed E-state index contributed by atoms with van der Waals surface area (Å²) >= 11 is 0. The molecule has 1 heterocycles. The number of carbonyl (C=O) groups is 1. The smallest absolute Gasteiger partial charge is 0.307 e. The molecule has 0 aliphatic carbocycles. The van der Waals surface area contributed by atoms with Gasteiger partial charge in [-0.3, -0.25) is 4.79 Å². The number of carboxylic acid groups (broad SMARTS) is 1. The van der Waals surface area contributed by atoms with E-state index in [1.54, 1.807) is 31.2 Å². The zero-order valence-corrected chi connectivity index (χ0v) is 11.6. The molecule has 104 valence electrons. The van der Waals surface area contributed by atoms with Crippen molar-refractivity contribution in [3.8, 4) is 0 Å². The normalized spacial score (nSPS) is 21.2. The van der Waals surface area contributed by atoms with Crippen LogP contribution in [0.3, 0.4) is 0 Å². The molecule has 0 bridgehead atoms. The summed E-state index contributed by atoms with van der Waals surface area (Å²) in [6, 6.07) is 6.77. The quantitative estimate of drug-likeness (QED) is 0.911. The van der Waals surface area contributed by atoms with Gasteiger partial charge < -0.3 is 5.11 Å². The molecule has 1 unspecified atom stereocenters. The third-order valence-corrected chi connectivity index (χ3v) is 5.47. The zero-order chi connectivity index (χ0) is 14.0. The van der Waals surface area contributed by atoms with Crippen molar-refractivity contribution in [2.75, 3.05) is 13.1 Å². The molecule has 5 nitrogen and oxygen atoms in total. The lowest BCUT2D eigenvalue weighted by atomic mass is 10.0. The summed E-state index contributed by atoms with van der Waals surface area (Å²) in [5.41, 5.74) is 0.681. The van der Waals surface area contributed by atoms with Crippen LogP contribution in [0.1, 0.15) is 18.4 Å². The SMILES string of the molecule is Cc1ccccc1S(=O)(=O)N1CCCC(C(=O)O)C1. The molecule has 0 saturated carbocycles. The molecule has 1 aromatic rings. The third kappa shape index (κ3) is 2.79. The second kappa shape index (κ2) is 5.30. The van der Waals surface area contributed by atoms with Crippen molar-refractivity contribution >= 4 is 16.0 Å². The van der Waals surface area contributed by atoms with Crippen LogP contribution in [-0.4, -0.2) is 36.9 Å². The molecule has 1 saturated heterocycles. The van der Waals surface area contributed by atoms with Gasteiger partial charge in [0, 0.05) is 13.1 Å². The van der Waals surface area contributed by atoms with E-state index in [1.165, 1.54) is 4.31 Å². The standard InChI is InChI=1S/C13H17NO4S/c1-10-5-2-3-7-12(10)19(17,18)14-8-4-6-11(9-14)13(15)16/h2-3,5,7,11H,4,6,8-9H2,1H3,(H,15,16). The van der Waals surface area contributed by atoms with E-state index < -0.39 is 21.9 Å². The van der Waals surface area contributed by atoms with Crippen molar-refractivity contribution in [1.29, 1.82) is 0 Å². The Morgan fingerprint density at radius 1 is 1.37 bits per heavy atom. The molecule has 2 rings (SSSR count). The van der Waals surface area contributed by atoms with Crippen LogP contribution in [0.4, 0.5) is 0 Å². The molecule has 1 N–H and O–H groups in total. The van der Waals surface area contributed by atoms with Crippen molar-refractivity contribution in [3.63, 3.8) is 0 Å². The van der Waals surface area contributed by atoms with Gasteiger partial charge in [-0.2, -0.15) is 4.31 Å². The van der Waals surface area contributed by atoms with Crippen molar-refractivity contribution in [2.24, 2.45) is 5.92 Å². The minimum atomic E-state index is -3.59. The van der Waals surface area contributed by atoms with Crippen LogP contribution >= 0.6 is 0 Å². The number of hydrogen-bond donors (Lipinski definition) is 1. The van der Waals surface area contributed by atoms with Crippen LogP contribution < -0.4 is 0 Å². The van der Waals surface area contributed by atoms with Crippen LogP contribution in [0.2, 0.25) is 0 Å². The fraction of sp³-hybridized carbons (Fsp3) is 0.462. The first-order valence-electron chi connectivity index (χ1n) is 6.21. The van der Waals surface area contributed by atoms with Gasteiger partial charge in [0.2, 0.25) is 10.0 Å². The number of hydrogen-bond acceptors (Lipinski definition) is 3. The molecule has 1 atom stereocenters. The largest absolute Gasteiger partial charge is 0.481 e. The summed E-state index contributed by atoms with van der Waals surface area (Å²) in [7, 11) is -3.59. The number of rotatable bonds is 3. The van der Waals surface area contributed by atoms with Crippen molar-refractivity contribution in [2.45, 2.75) is 24.7 Å². The van der Waals surface area contributed by atoms with Gasteiger partial charge in [-0.25, -0.2) is 8.42 Å². The number of aliphatic carboxylic acids is 1. The van der Waals surface area contributed by atoms with Gasteiger partial charge in [0.25, 0.3) is 0 Å². The van der Waals surface area contributed by atoms with Gasteiger partial charge in [-0.15, -0.1) is 0 Å². The Morgan fingerprint density at radius 3 is 2.68 bits per heavy atom. The van der Waals surface area contributed by atoms with E-state index in [4.69, 9.17) is 5.11 Å². The van der Waals surface area contributed by atoms with Gasteiger partial charge in [0.15, 0.2) is 0 Å². The minimum absolute atomic E-state index is 0.0615. The Morgan fingerprint density at radius 2 is 2.05 bits per heavy atom. The molecule has 1 aromatic carbocycles.